The van der Waals surface area contributed by atoms with Crippen LogP contribution < -0.4 is 5.73 Å². The molecule has 1 saturated carbocycles. The fourth-order valence-electron chi connectivity index (χ4n) is 3.25. The summed E-state index contributed by atoms with van der Waals surface area (Å²) in [5.41, 5.74) is 5.42. The molecule has 1 heterocycles. The monoisotopic (exact) mass is 302 g/mol. The van der Waals surface area contributed by atoms with Crippen LogP contribution >= 0.6 is 0 Å². The van der Waals surface area contributed by atoms with Crippen molar-refractivity contribution in [2.24, 2.45) is 5.73 Å². The molecule has 0 amide bonds. The van der Waals surface area contributed by atoms with Crippen LogP contribution in [0.2, 0.25) is 0 Å². The van der Waals surface area contributed by atoms with Crippen molar-refractivity contribution in [1.29, 1.82) is 0 Å². The number of hydrogen-bond acceptors (Lipinski definition) is 2. The molecule has 1 aliphatic carbocycles. The summed E-state index contributed by atoms with van der Waals surface area (Å²) in [7, 11) is 0. The molecule has 2 fully saturated rings. The van der Waals surface area contributed by atoms with Crippen molar-refractivity contribution < 1.29 is 17.6 Å². The van der Waals surface area contributed by atoms with Gasteiger partial charge in [0.25, 0.3) is 0 Å². The Bertz CT molecular complexity index is 525. The van der Waals surface area contributed by atoms with Gasteiger partial charge >= 0.3 is 6.18 Å². The molecule has 1 aromatic rings. The molecule has 1 aliphatic heterocycles. The van der Waals surface area contributed by atoms with E-state index in [1.165, 1.54) is 6.07 Å². The standard InChI is InChI=1S/C15H18F4N2/c16-12-6-3-9(8-11(12)15(17,18)19)14-13(20)2-1-7-21(14)10-4-5-10/h3,6,8,10,13-14H,1-2,4-5,7,20H2. The van der Waals surface area contributed by atoms with Crippen molar-refractivity contribution in [1.82, 2.24) is 4.90 Å². The summed E-state index contributed by atoms with van der Waals surface area (Å²) in [5.74, 6) is -1.23. The molecule has 6 heteroatoms. The van der Waals surface area contributed by atoms with Crippen LogP contribution in [0.1, 0.15) is 42.9 Å². The van der Waals surface area contributed by atoms with Crippen LogP contribution in [0.15, 0.2) is 18.2 Å². The maximum Gasteiger partial charge on any atom is 0.419 e. The van der Waals surface area contributed by atoms with Gasteiger partial charge in [0.05, 0.1) is 11.6 Å². The van der Waals surface area contributed by atoms with Gasteiger partial charge in [-0.15, -0.1) is 0 Å². The molecule has 2 nitrogen and oxygen atoms in total. The van der Waals surface area contributed by atoms with Crippen LogP contribution in [0.5, 0.6) is 0 Å². The van der Waals surface area contributed by atoms with Gasteiger partial charge in [-0.2, -0.15) is 13.2 Å². The van der Waals surface area contributed by atoms with E-state index in [0.717, 1.165) is 44.4 Å². The van der Waals surface area contributed by atoms with Crippen molar-refractivity contribution in [3.8, 4) is 0 Å². The third kappa shape index (κ3) is 2.92. The van der Waals surface area contributed by atoms with Crippen LogP contribution in [-0.2, 0) is 6.18 Å². The first-order chi connectivity index (χ1) is 9.88. The van der Waals surface area contributed by atoms with Crippen LogP contribution in [-0.4, -0.2) is 23.5 Å². The zero-order chi connectivity index (χ0) is 15.2. The summed E-state index contributed by atoms with van der Waals surface area (Å²) < 4.78 is 52.1. The van der Waals surface area contributed by atoms with Gasteiger partial charge in [-0.1, -0.05) is 6.07 Å². The fourth-order valence-corrected chi connectivity index (χ4v) is 3.25. The number of nitrogens with two attached hydrogens (primary N) is 1. The minimum atomic E-state index is -4.68. The first kappa shape index (κ1) is 14.8. The summed E-state index contributed by atoms with van der Waals surface area (Å²) in [6.07, 6.45) is -0.801. The van der Waals surface area contributed by atoms with Gasteiger partial charge in [0, 0.05) is 12.1 Å². The largest absolute Gasteiger partial charge is 0.419 e. The number of piperidine rings is 1. The average Bonchev–Trinajstić information content (AvgIpc) is 3.22. The third-order valence-electron chi connectivity index (χ3n) is 4.37. The molecule has 2 unspecified atom stereocenters. The highest BCUT2D eigenvalue weighted by Crippen LogP contribution is 2.41. The van der Waals surface area contributed by atoms with Crippen LogP contribution in [0.3, 0.4) is 0 Å². The number of alkyl halides is 3. The summed E-state index contributed by atoms with van der Waals surface area (Å²) >= 11 is 0. The Labute approximate surface area is 120 Å². The number of benzene rings is 1. The van der Waals surface area contributed by atoms with Crippen molar-refractivity contribution in [3.63, 3.8) is 0 Å². The smallest absolute Gasteiger partial charge is 0.326 e. The second-order valence-electron chi connectivity index (χ2n) is 5.96. The van der Waals surface area contributed by atoms with Crippen LogP contribution in [0.4, 0.5) is 17.6 Å². The van der Waals surface area contributed by atoms with Gasteiger partial charge in [-0.05, 0) is 49.9 Å². The Morgan fingerprint density at radius 1 is 1.14 bits per heavy atom. The van der Waals surface area contributed by atoms with Gasteiger partial charge in [0.15, 0.2) is 0 Å². The third-order valence-corrected chi connectivity index (χ3v) is 4.37. The molecule has 116 valence electrons. The lowest BCUT2D eigenvalue weighted by Crippen LogP contribution is -2.46. The van der Waals surface area contributed by atoms with E-state index in [1.807, 2.05) is 0 Å². The molecular weight excluding hydrogens is 284 g/mol. The van der Waals surface area contributed by atoms with Crippen molar-refractivity contribution in [2.75, 3.05) is 6.54 Å². The first-order valence-corrected chi connectivity index (χ1v) is 7.26. The van der Waals surface area contributed by atoms with Gasteiger partial charge in [0.1, 0.15) is 5.82 Å². The molecule has 0 aromatic heterocycles. The number of likely N-dealkylation sites (tertiary alicyclic amines) is 1. The minimum Gasteiger partial charge on any atom is -0.326 e. The molecule has 21 heavy (non-hydrogen) atoms. The molecule has 1 saturated heterocycles. The molecule has 0 spiro atoms. The zero-order valence-electron chi connectivity index (χ0n) is 11.5. The molecule has 2 aliphatic rings. The average molecular weight is 302 g/mol. The molecule has 1 aromatic carbocycles. The highest BCUT2D eigenvalue weighted by molar-refractivity contribution is 5.31. The Morgan fingerprint density at radius 2 is 1.86 bits per heavy atom. The number of nitrogens with zero attached hydrogens (tertiary/aromatic N) is 1. The van der Waals surface area contributed by atoms with E-state index in [1.54, 1.807) is 0 Å². The van der Waals surface area contributed by atoms with E-state index in [4.69, 9.17) is 5.73 Å². The van der Waals surface area contributed by atoms with Gasteiger partial charge in [-0.3, -0.25) is 4.90 Å². The highest BCUT2D eigenvalue weighted by Gasteiger charge is 2.41. The van der Waals surface area contributed by atoms with Crippen LogP contribution in [0, 0.1) is 5.82 Å². The Morgan fingerprint density at radius 3 is 2.48 bits per heavy atom. The topological polar surface area (TPSA) is 29.3 Å². The number of hydrogen-bond donors (Lipinski definition) is 1. The van der Waals surface area contributed by atoms with E-state index in [-0.39, 0.29) is 12.1 Å². The predicted molar refractivity (Wildman–Crippen MR) is 71.1 cm³/mol. The summed E-state index contributed by atoms with van der Waals surface area (Å²) in [5, 5.41) is 0. The normalized spacial score (nSPS) is 27.9. The Kier molecular flexibility index (Phi) is 3.69. The van der Waals surface area contributed by atoms with Gasteiger partial charge in [0.2, 0.25) is 0 Å². The van der Waals surface area contributed by atoms with E-state index in [2.05, 4.69) is 4.90 Å². The van der Waals surface area contributed by atoms with E-state index < -0.39 is 17.6 Å². The maximum atomic E-state index is 13.4. The fraction of sp³-hybridized carbons (Fsp3) is 0.600. The minimum absolute atomic E-state index is 0.203. The second kappa shape index (κ2) is 5.25. The molecule has 3 rings (SSSR count). The van der Waals surface area contributed by atoms with E-state index in [9.17, 15) is 17.6 Å². The summed E-state index contributed by atoms with van der Waals surface area (Å²) in [6, 6.07) is 3.25. The maximum absolute atomic E-state index is 13.4. The van der Waals surface area contributed by atoms with Gasteiger partial charge < -0.3 is 5.73 Å². The lowest BCUT2D eigenvalue weighted by atomic mass is 9.89. The van der Waals surface area contributed by atoms with Crippen molar-refractivity contribution in [3.05, 3.63) is 35.1 Å². The molecule has 0 bridgehead atoms. The second-order valence-corrected chi connectivity index (χ2v) is 5.96. The molecule has 2 N–H and O–H groups in total. The van der Waals surface area contributed by atoms with Crippen LogP contribution in [0.25, 0.3) is 0 Å². The van der Waals surface area contributed by atoms with Crippen molar-refractivity contribution >= 4 is 0 Å². The number of rotatable bonds is 2. The van der Waals surface area contributed by atoms with E-state index in [0.29, 0.717) is 11.6 Å². The number of halogens is 4. The lowest BCUT2D eigenvalue weighted by molar-refractivity contribution is -0.140. The molecule has 2 atom stereocenters. The van der Waals surface area contributed by atoms with Gasteiger partial charge in [-0.25, -0.2) is 4.39 Å². The lowest BCUT2D eigenvalue weighted by Gasteiger charge is -2.40. The Hall–Kier alpha value is -1.14. The van der Waals surface area contributed by atoms with E-state index >= 15 is 0 Å². The summed E-state index contributed by atoms with van der Waals surface area (Å²) in [6.45, 7) is 0.849. The highest BCUT2D eigenvalue weighted by atomic mass is 19.4. The molecule has 0 radical (unpaired) electrons. The SMILES string of the molecule is NC1CCCN(C2CC2)C1c1ccc(F)c(C(F)(F)F)c1. The first-order valence-electron chi connectivity index (χ1n) is 7.26. The zero-order valence-corrected chi connectivity index (χ0v) is 11.5. The Balaban J connectivity index is 1.97. The quantitative estimate of drug-likeness (QED) is 0.848. The predicted octanol–water partition coefficient (Wildman–Crippen LogP) is 3.47. The summed E-state index contributed by atoms with van der Waals surface area (Å²) in [4.78, 5) is 2.20. The molecular formula is C15H18F4N2. The van der Waals surface area contributed by atoms with Crippen molar-refractivity contribution in [2.45, 2.75) is 50.0 Å².